The van der Waals surface area contributed by atoms with Crippen LogP contribution in [0.3, 0.4) is 0 Å². The molecule has 8 nitrogen and oxygen atoms in total. The Morgan fingerprint density at radius 3 is 2.41 bits per heavy atom. The molecular formula is C21H31N5O3. The van der Waals surface area contributed by atoms with Crippen molar-refractivity contribution in [2.75, 3.05) is 39.3 Å². The summed E-state index contributed by atoms with van der Waals surface area (Å²) in [5.41, 5.74) is 2.09. The number of nitrogens with zero attached hydrogens (tertiary/aromatic N) is 3. The maximum atomic E-state index is 5.39. The number of methoxy groups -OCH3 is 2. The van der Waals surface area contributed by atoms with Crippen LogP contribution in [0.25, 0.3) is 0 Å². The monoisotopic (exact) mass is 401 g/mol. The van der Waals surface area contributed by atoms with Gasteiger partial charge in [-0.05, 0) is 19.3 Å². The number of aromatic nitrogens is 1. The minimum atomic E-state index is 0.367. The second-order valence-corrected chi connectivity index (χ2v) is 7.04. The summed E-state index contributed by atoms with van der Waals surface area (Å²) in [6.45, 7) is 4.53. The highest BCUT2D eigenvalue weighted by Gasteiger charge is 2.21. The molecule has 3 rings (SSSR count). The molecule has 1 aliphatic rings. The normalized spacial score (nSPS) is 15.3. The SMILES string of the molecule is CCc1cc(CNC(=NC)NC2CCN(c3cc(OC)cc(OC)c3)CC2)on1. The lowest BCUT2D eigenvalue weighted by atomic mass is 10.0. The first-order valence-corrected chi connectivity index (χ1v) is 10.0. The van der Waals surface area contributed by atoms with E-state index in [1.807, 2.05) is 12.1 Å². The molecule has 0 radical (unpaired) electrons. The molecule has 29 heavy (non-hydrogen) atoms. The van der Waals surface area contributed by atoms with E-state index in [0.29, 0.717) is 12.6 Å². The molecule has 0 spiro atoms. The van der Waals surface area contributed by atoms with Crippen molar-refractivity contribution in [1.29, 1.82) is 0 Å². The summed E-state index contributed by atoms with van der Waals surface area (Å²) in [5, 5.41) is 10.8. The van der Waals surface area contributed by atoms with Gasteiger partial charge in [0, 0.05) is 56.1 Å². The molecule has 0 bridgehead atoms. The van der Waals surface area contributed by atoms with E-state index in [1.54, 1.807) is 21.3 Å². The summed E-state index contributed by atoms with van der Waals surface area (Å²) in [7, 11) is 5.13. The van der Waals surface area contributed by atoms with E-state index in [4.69, 9.17) is 14.0 Å². The number of benzene rings is 1. The molecule has 2 aromatic rings. The molecule has 0 atom stereocenters. The number of aryl methyl sites for hydroxylation is 1. The van der Waals surface area contributed by atoms with Crippen LogP contribution in [0.4, 0.5) is 5.69 Å². The highest BCUT2D eigenvalue weighted by Crippen LogP contribution is 2.30. The van der Waals surface area contributed by atoms with Gasteiger partial charge in [0.15, 0.2) is 11.7 Å². The van der Waals surface area contributed by atoms with Crippen molar-refractivity contribution < 1.29 is 14.0 Å². The molecule has 1 aromatic carbocycles. The molecule has 8 heteroatoms. The zero-order chi connectivity index (χ0) is 20.6. The quantitative estimate of drug-likeness (QED) is 0.545. The van der Waals surface area contributed by atoms with Gasteiger partial charge >= 0.3 is 0 Å². The Morgan fingerprint density at radius 2 is 1.86 bits per heavy atom. The Balaban J connectivity index is 1.50. The number of rotatable bonds is 7. The predicted molar refractivity (Wildman–Crippen MR) is 114 cm³/mol. The molecule has 0 amide bonds. The number of nitrogens with one attached hydrogen (secondary N) is 2. The number of aliphatic imine (C=N–C) groups is 1. The number of hydrogen-bond donors (Lipinski definition) is 2. The minimum Gasteiger partial charge on any atom is -0.497 e. The van der Waals surface area contributed by atoms with Crippen molar-refractivity contribution in [2.24, 2.45) is 4.99 Å². The van der Waals surface area contributed by atoms with Crippen LogP contribution in [0, 0.1) is 0 Å². The van der Waals surface area contributed by atoms with Gasteiger partial charge in [-0.1, -0.05) is 12.1 Å². The van der Waals surface area contributed by atoms with Gasteiger partial charge in [0.05, 0.1) is 26.5 Å². The van der Waals surface area contributed by atoms with Crippen molar-refractivity contribution in [3.05, 3.63) is 35.7 Å². The van der Waals surface area contributed by atoms with Gasteiger partial charge in [0.25, 0.3) is 0 Å². The summed E-state index contributed by atoms with van der Waals surface area (Å²) in [5.74, 6) is 3.21. The highest BCUT2D eigenvalue weighted by molar-refractivity contribution is 5.79. The third-order valence-electron chi connectivity index (χ3n) is 5.16. The molecule has 1 aromatic heterocycles. The molecule has 2 N–H and O–H groups in total. The van der Waals surface area contributed by atoms with Crippen molar-refractivity contribution in [1.82, 2.24) is 15.8 Å². The third-order valence-corrected chi connectivity index (χ3v) is 5.16. The lowest BCUT2D eigenvalue weighted by Gasteiger charge is -2.34. The average molecular weight is 402 g/mol. The van der Waals surface area contributed by atoms with Crippen LogP contribution in [0.1, 0.15) is 31.2 Å². The molecule has 0 unspecified atom stereocenters. The van der Waals surface area contributed by atoms with E-state index in [9.17, 15) is 0 Å². The maximum absolute atomic E-state index is 5.39. The molecule has 1 aliphatic heterocycles. The van der Waals surface area contributed by atoms with Gasteiger partial charge in [-0.3, -0.25) is 4.99 Å². The maximum Gasteiger partial charge on any atom is 0.191 e. The Bertz CT molecular complexity index is 790. The molecule has 0 saturated carbocycles. The lowest BCUT2D eigenvalue weighted by molar-refractivity contribution is 0.374. The van der Waals surface area contributed by atoms with Crippen molar-refractivity contribution in [3.8, 4) is 11.5 Å². The standard InChI is InChI=1S/C21H31N5O3/c1-5-15-10-20(29-25-15)14-23-21(22-2)24-16-6-8-26(9-7-16)17-11-18(27-3)13-19(12-17)28-4/h10-13,16H,5-9,14H2,1-4H3,(H2,22,23,24). The Kier molecular flexibility index (Phi) is 7.21. The van der Waals surface area contributed by atoms with Gasteiger partial charge in [-0.2, -0.15) is 0 Å². The number of hydrogen-bond acceptors (Lipinski definition) is 6. The number of ether oxygens (including phenoxy) is 2. The second-order valence-electron chi connectivity index (χ2n) is 7.04. The van der Waals surface area contributed by atoms with Gasteiger partial charge in [-0.25, -0.2) is 0 Å². The first kappa shape index (κ1) is 20.8. The number of anilines is 1. The van der Waals surface area contributed by atoms with Crippen LogP contribution in [0.15, 0.2) is 33.8 Å². The van der Waals surface area contributed by atoms with E-state index in [-0.39, 0.29) is 0 Å². The first-order chi connectivity index (χ1) is 14.1. The average Bonchev–Trinajstić information content (AvgIpc) is 3.24. The smallest absolute Gasteiger partial charge is 0.191 e. The fourth-order valence-electron chi connectivity index (χ4n) is 3.42. The van der Waals surface area contributed by atoms with Crippen LogP contribution in [0.5, 0.6) is 11.5 Å². The Morgan fingerprint density at radius 1 is 1.17 bits per heavy atom. The zero-order valence-corrected chi connectivity index (χ0v) is 17.7. The predicted octanol–water partition coefficient (Wildman–Crippen LogP) is 2.59. The summed E-state index contributed by atoms with van der Waals surface area (Å²) in [4.78, 5) is 6.69. The van der Waals surface area contributed by atoms with Gasteiger partial charge < -0.3 is 29.5 Å². The molecule has 1 fully saturated rings. The minimum absolute atomic E-state index is 0.367. The fourth-order valence-corrected chi connectivity index (χ4v) is 3.42. The van der Waals surface area contributed by atoms with E-state index in [1.165, 1.54) is 0 Å². The summed E-state index contributed by atoms with van der Waals surface area (Å²) >= 11 is 0. The molecule has 1 saturated heterocycles. The largest absolute Gasteiger partial charge is 0.497 e. The van der Waals surface area contributed by atoms with Gasteiger partial charge in [-0.15, -0.1) is 0 Å². The van der Waals surface area contributed by atoms with Crippen molar-refractivity contribution in [3.63, 3.8) is 0 Å². The summed E-state index contributed by atoms with van der Waals surface area (Å²) in [6, 6.07) is 8.34. The summed E-state index contributed by atoms with van der Waals surface area (Å²) in [6.07, 6.45) is 2.90. The Labute approximate surface area is 172 Å². The first-order valence-electron chi connectivity index (χ1n) is 10.0. The number of piperidine rings is 1. The molecule has 2 heterocycles. The molecule has 0 aliphatic carbocycles. The van der Waals surface area contributed by atoms with Crippen LogP contribution in [-0.2, 0) is 13.0 Å². The van der Waals surface area contributed by atoms with E-state index < -0.39 is 0 Å². The highest BCUT2D eigenvalue weighted by atomic mass is 16.5. The van der Waals surface area contributed by atoms with E-state index >= 15 is 0 Å². The molecule has 158 valence electrons. The van der Waals surface area contributed by atoms with Crippen LogP contribution in [-0.4, -0.2) is 51.5 Å². The van der Waals surface area contributed by atoms with Crippen LogP contribution in [0.2, 0.25) is 0 Å². The summed E-state index contributed by atoms with van der Waals surface area (Å²) < 4.78 is 16.1. The molecular weight excluding hydrogens is 370 g/mol. The van der Waals surface area contributed by atoms with Crippen molar-refractivity contribution >= 4 is 11.6 Å². The number of guanidine groups is 1. The zero-order valence-electron chi connectivity index (χ0n) is 17.7. The third kappa shape index (κ3) is 5.56. The van der Waals surface area contributed by atoms with Crippen molar-refractivity contribution in [2.45, 2.75) is 38.8 Å². The van der Waals surface area contributed by atoms with Gasteiger partial charge in [0.2, 0.25) is 0 Å². The Hall–Kier alpha value is -2.90. The fraction of sp³-hybridized carbons (Fsp3) is 0.524. The van der Waals surface area contributed by atoms with Gasteiger partial charge in [0.1, 0.15) is 11.5 Å². The van der Waals surface area contributed by atoms with E-state index in [0.717, 1.165) is 67.0 Å². The van der Waals surface area contributed by atoms with Crippen LogP contribution < -0.4 is 25.0 Å². The second kappa shape index (κ2) is 10.0. The lowest BCUT2D eigenvalue weighted by Crippen LogP contribution is -2.48. The van der Waals surface area contributed by atoms with Crippen LogP contribution >= 0.6 is 0 Å². The van der Waals surface area contributed by atoms with E-state index in [2.05, 4.69) is 44.7 Å². The topological polar surface area (TPSA) is 84.2 Å².